The molecule has 4 nitrogen and oxygen atoms in total. The lowest BCUT2D eigenvalue weighted by molar-refractivity contribution is -0.131. The van der Waals surface area contributed by atoms with Gasteiger partial charge in [-0.3, -0.25) is 9.78 Å². The Morgan fingerprint density at radius 2 is 2.11 bits per heavy atom. The van der Waals surface area contributed by atoms with Gasteiger partial charge in [0.05, 0.1) is 12.6 Å². The number of hydrogen-bond acceptors (Lipinski definition) is 3. The van der Waals surface area contributed by atoms with E-state index in [-0.39, 0.29) is 11.9 Å². The van der Waals surface area contributed by atoms with Crippen LogP contribution in [0.15, 0.2) is 24.5 Å². The number of hydrogen-bond donors (Lipinski definition) is 1. The number of carbonyl (C=O) groups excluding carboxylic acids is 1. The van der Waals surface area contributed by atoms with Crippen LogP contribution in [-0.2, 0) is 4.79 Å². The Balaban J connectivity index is 1.57. The highest BCUT2D eigenvalue weighted by Crippen LogP contribution is 2.31. The largest absolute Gasteiger partial charge is 0.335 e. The smallest absolute Gasteiger partial charge is 0.237 e. The molecule has 1 aliphatic heterocycles. The summed E-state index contributed by atoms with van der Waals surface area (Å²) in [5.41, 5.74) is 1.21. The third-order valence-electron chi connectivity index (χ3n) is 4.07. The maximum Gasteiger partial charge on any atom is 0.237 e. The van der Waals surface area contributed by atoms with Crippen LogP contribution in [0.3, 0.4) is 0 Å². The Kier molecular flexibility index (Phi) is 3.78. The van der Waals surface area contributed by atoms with E-state index in [1.54, 1.807) is 0 Å². The third-order valence-corrected chi connectivity index (χ3v) is 4.07. The lowest BCUT2D eigenvalue weighted by atomic mass is 10.1. The van der Waals surface area contributed by atoms with Gasteiger partial charge in [-0.05, 0) is 55.8 Å². The summed E-state index contributed by atoms with van der Waals surface area (Å²) in [6.45, 7) is 2.37. The van der Waals surface area contributed by atoms with E-state index in [1.807, 2.05) is 29.4 Å². The molecule has 0 radical (unpaired) electrons. The summed E-state index contributed by atoms with van der Waals surface area (Å²) in [5, 5.41) is 3.29. The fraction of sp³-hybridized carbons (Fsp3) is 0.600. The van der Waals surface area contributed by atoms with E-state index >= 15 is 0 Å². The Bertz CT molecular complexity index is 430. The minimum atomic E-state index is 0.236. The van der Waals surface area contributed by atoms with Gasteiger partial charge in [-0.25, -0.2) is 0 Å². The summed E-state index contributed by atoms with van der Waals surface area (Å²) in [4.78, 5) is 18.3. The van der Waals surface area contributed by atoms with Crippen molar-refractivity contribution >= 4 is 5.91 Å². The van der Waals surface area contributed by atoms with Gasteiger partial charge in [-0.2, -0.15) is 0 Å². The van der Waals surface area contributed by atoms with Crippen LogP contribution in [0.4, 0.5) is 0 Å². The predicted molar refractivity (Wildman–Crippen MR) is 73.5 cm³/mol. The molecule has 1 amide bonds. The van der Waals surface area contributed by atoms with E-state index in [0.717, 1.165) is 31.8 Å². The van der Waals surface area contributed by atoms with E-state index in [0.29, 0.717) is 6.54 Å². The van der Waals surface area contributed by atoms with Crippen molar-refractivity contribution in [3.05, 3.63) is 30.1 Å². The number of nitrogens with zero attached hydrogens (tertiary/aromatic N) is 2. The lowest BCUT2D eigenvalue weighted by Gasteiger charge is -2.25. The van der Waals surface area contributed by atoms with E-state index < -0.39 is 0 Å². The average molecular weight is 259 g/mol. The number of nitrogens with one attached hydrogen (secondary N) is 1. The molecule has 0 bridgehead atoms. The number of carbonyl (C=O) groups is 1. The average Bonchev–Trinajstić information content (AvgIpc) is 3.13. The van der Waals surface area contributed by atoms with Crippen LogP contribution < -0.4 is 5.32 Å². The summed E-state index contributed by atoms with van der Waals surface area (Å²) in [7, 11) is 0. The van der Waals surface area contributed by atoms with Gasteiger partial charge in [0.25, 0.3) is 0 Å². The number of aromatic nitrogens is 1. The van der Waals surface area contributed by atoms with Crippen LogP contribution >= 0.6 is 0 Å². The van der Waals surface area contributed by atoms with Crippen molar-refractivity contribution in [3.63, 3.8) is 0 Å². The van der Waals surface area contributed by atoms with Crippen LogP contribution in [0.25, 0.3) is 0 Å². The molecule has 102 valence electrons. The lowest BCUT2D eigenvalue weighted by Crippen LogP contribution is -2.38. The summed E-state index contributed by atoms with van der Waals surface area (Å²) >= 11 is 0. The molecule has 0 aromatic carbocycles. The van der Waals surface area contributed by atoms with Crippen molar-refractivity contribution in [2.45, 2.75) is 31.7 Å². The minimum absolute atomic E-state index is 0.236. The molecule has 4 heteroatoms. The summed E-state index contributed by atoms with van der Waals surface area (Å²) in [6, 6.07) is 4.29. The van der Waals surface area contributed by atoms with Crippen molar-refractivity contribution < 1.29 is 4.79 Å². The SMILES string of the molecule is O=C(CNCC1CC1)N1CCCC1c1ccncc1. The van der Waals surface area contributed by atoms with Gasteiger partial charge >= 0.3 is 0 Å². The molecule has 0 spiro atoms. The van der Waals surface area contributed by atoms with Crippen LogP contribution in [-0.4, -0.2) is 35.4 Å². The standard InChI is InChI=1S/C15H21N3O/c19-15(11-17-10-12-3-4-12)18-9-1-2-14(18)13-5-7-16-8-6-13/h5-8,12,14,17H,1-4,9-11H2. The van der Waals surface area contributed by atoms with Gasteiger partial charge in [0, 0.05) is 18.9 Å². The van der Waals surface area contributed by atoms with Gasteiger partial charge in [0.1, 0.15) is 0 Å². The molecule has 2 heterocycles. The topological polar surface area (TPSA) is 45.2 Å². The highest BCUT2D eigenvalue weighted by Gasteiger charge is 2.29. The van der Waals surface area contributed by atoms with Crippen LogP contribution in [0.5, 0.6) is 0 Å². The molecule has 2 fully saturated rings. The Labute approximate surface area is 114 Å². The van der Waals surface area contributed by atoms with Crippen molar-refractivity contribution in [2.75, 3.05) is 19.6 Å². The zero-order valence-electron chi connectivity index (χ0n) is 11.2. The zero-order valence-corrected chi connectivity index (χ0v) is 11.2. The molecule has 2 aliphatic rings. The van der Waals surface area contributed by atoms with Crippen LogP contribution in [0.1, 0.15) is 37.3 Å². The first-order valence-electron chi connectivity index (χ1n) is 7.24. The first-order chi connectivity index (χ1) is 9.34. The van der Waals surface area contributed by atoms with E-state index in [9.17, 15) is 4.79 Å². The highest BCUT2D eigenvalue weighted by atomic mass is 16.2. The molecular formula is C15H21N3O. The molecule has 1 N–H and O–H groups in total. The quantitative estimate of drug-likeness (QED) is 0.876. The molecule has 1 saturated heterocycles. The highest BCUT2D eigenvalue weighted by molar-refractivity contribution is 5.79. The molecule has 1 aliphatic carbocycles. The summed E-state index contributed by atoms with van der Waals surface area (Å²) in [5.74, 6) is 1.06. The second kappa shape index (κ2) is 5.70. The first-order valence-corrected chi connectivity index (χ1v) is 7.24. The van der Waals surface area contributed by atoms with Crippen molar-refractivity contribution in [3.8, 4) is 0 Å². The first kappa shape index (κ1) is 12.6. The number of rotatable bonds is 5. The second-order valence-corrected chi connectivity index (χ2v) is 5.60. The molecule has 1 atom stereocenters. The van der Waals surface area contributed by atoms with Crippen LogP contribution in [0, 0.1) is 5.92 Å². The number of likely N-dealkylation sites (tertiary alicyclic amines) is 1. The molecule has 3 rings (SSSR count). The zero-order chi connectivity index (χ0) is 13.1. The van der Waals surface area contributed by atoms with E-state index in [2.05, 4.69) is 10.3 Å². The normalized spacial score (nSPS) is 22.7. The van der Waals surface area contributed by atoms with Crippen molar-refractivity contribution in [1.82, 2.24) is 15.2 Å². The van der Waals surface area contributed by atoms with Crippen molar-refractivity contribution in [2.24, 2.45) is 5.92 Å². The second-order valence-electron chi connectivity index (χ2n) is 5.60. The van der Waals surface area contributed by atoms with Gasteiger partial charge in [-0.15, -0.1) is 0 Å². The molecule has 1 aromatic rings. The minimum Gasteiger partial charge on any atom is -0.335 e. The Hall–Kier alpha value is -1.42. The predicted octanol–water partition coefficient (Wildman–Crippen LogP) is 1.74. The molecule has 19 heavy (non-hydrogen) atoms. The monoisotopic (exact) mass is 259 g/mol. The van der Waals surface area contributed by atoms with E-state index in [1.165, 1.54) is 18.4 Å². The fourth-order valence-electron chi connectivity index (χ4n) is 2.80. The fourth-order valence-corrected chi connectivity index (χ4v) is 2.80. The molecular weight excluding hydrogens is 238 g/mol. The molecule has 1 saturated carbocycles. The van der Waals surface area contributed by atoms with Gasteiger partial charge in [0.2, 0.25) is 5.91 Å². The van der Waals surface area contributed by atoms with Crippen molar-refractivity contribution in [1.29, 1.82) is 0 Å². The van der Waals surface area contributed by atoms with E-state index in [4.69, 9.17) is 0 Å². The Morgan fingerprint density at radius 1 is 1.32 bits per heavy atom. The number of amides is 1. The van der Waals surface area contributed by atoms with Crippen LogP contribution in [0.2, 0.25) is 0 Å². The molecule has 1 unspecified atom stereocenters. The number of pyridine rings is 1. The maximum atomic E-state index is 12.3. The van der Waals surface area contributed by atoms with Gasteiger partial charge < -0.3 is 10.2 Å². The maximum absolute atomic E-state index is 12.3. The third kappa shape index (κ3) is 3.13. The van der Waals surface area contributed by atoms with Gasteiger partial charge in [-0.1, -0.05) is 0 Å². The summed E-state index contributed by atoms with van der Waals surface area (Å²) < 4.78 is 0. The van der Waals surface area contributed by atoms with Gasteiger partial charge in [0.15, 0.2) is 0 Å². The Morgan fingerprint density at radius 3 is 2.84 bits per heavy atom. The molecule has 1 aromatic heterocycles. The summed E-state index contributed by atoms with van der Waals surface area (Å²) in [6.07, 6.45) is 8.43.